The van der Waals surface area contributed by atoms with Gasteiger partial charge in [-0.05, 0) is 55.5 Å². The minimum absolute atomic E-state index is 0.252. The molecule has 0 saturated carbocycles. The van der Waals surface area contributed by atoms with E-state index in [1.807, 2.05) is 42.6 Å². The van der Waals surface area contributed by atoms with Crippen molar-refractivity contribution in [1.82, 2.24) is 20.3 Å². The van der Waals surface area contributed by atoms with Gasteiger partial charge >= 0.3 is 6.18 Å². The van der Waals surface area contributed by atoms with Crippen molar-refractivity contribution in [2.45, 2.75) is 52.3 Å². The van der Waals surface area contributed by atoms with Crippen molar-refractivity contribution in [3.8, 4) is 5.75 Å². The number of rotatable bonds is 14. The number of amides is 1. The van der Waals surface area contributed by atoms with Gasteiger partial charge in [0, 0.05) is 42.8 Å². The van der Waals surface area contributed by atoms with E-state index in [1.54, 1.807) is 38.6 Å². The number of aryl methyl sites for hydroxylation is 1. The predicted octanol–water partition coefficient (Wildman–Crippen LogP) is 5.02. The van der Waals surface area contributed by atoms with Crippen LogP contribution in [0.3, 0.4) is 0 Å². The van der Waals surface area contributed by atoms with E-state index in [2.05, 4.69) is 25.6 Å². The van der Waals surface area contributed by atoms with Gasteiger partial charge in [0.25, 0.3) is 0 Å². The van der Waals surface area contributed by atoms with Gasteiger partial charge in [-0.1, -0.05) is 19.9 Å². The molecule has 8 nitrogen and oxygen atoms in total. The number of hydrogen-bond acceptors (Lipinski definition) is 7. The highest BCUT2D eigenvalue weighted by atomic mass is 19.4. The average Bonchev–Trinajstić information content (AvgIpc) is 2.90. The van der Waals surface area contributed by atoms with Gasteiger partial charge in [0.2, 0.25) is 5.91 Å². The molecule has 210 valence electrons. The molecule has 0 aromatic carbocycles. The molecule has 1 amide bonds. The van der Waals surface area contributed by atoms with Crippen LogP contribution in [0, 0.1) is 5.92 Å². The summed E-state index contributed by atoms with van der Waals surface area (Å²) in [6.07, 6.45) is 4.34. The largest absolute Gasteiger partial charge is 0.492 e. The molecule has 0 aliphatic rings. The SMILES string of the molecule is CCNc1ncc(OCCCc2ccccn2)cc1Cc1cncc(NC(C(=O)NCC(F)(F)F)C(C)C)c1. The summed E-state index contributed by atoms with van der Waals surface area (Å²) >= 11 is 0. The fraction of sp³-hybridized carbons (Fsp3) is 0.429. The van der Waals surface area contributed by atoms with Crippen LogP contribution in [0.5, 0.6) is 5.75 Å². The van der Waals surface area contributed by atoms with Crippen molar-refractivity contribution >= 4 is 17.4 Å². The summed E-state index contributed by atoms with van der Waals surface area (Å²) in [6.45, 7) is 5.34. The Morgan fingerprint density at radius 1 is 1.10 bits per heavy atom. The second-order valence-corrected chi connectivity index (χ2v) is 9.44. The lowest BCUT2D eigenvalue weighted by Gasteiger charge is -2.23. The van der Waals surface area contributed by atoms with Crippen LogP contribution in [0.1, 0.15) is 44.0 Å². The zero-order chi connectivity index (χ0) is 28.3. The van der Waals surface area contributed by atoms with Crippen LogP contribution in [0.15, 0.2) is 55.1 Å². The van der Waals surface area contributed by atoms with Gasteiger partial charge in [-0.2, -0.15) is 13.2 Å². The number of anilines is 2. The summed E-state index contributed by atoms with van der Waals surface area (Å²) in [6, 6.07) is 8.75. The maximum absolute atomic E-state index is 12.6. The quantitative estimate of drug-likeness (QED) is 0.245. The maximum Gasteiger partial charge on any atom is 0.405 e. The van der Waals surface area contributed by atoms with Crippen LogP contribution in [0.4, 0.5) is 24.7 Å². The van der Waals surface area contributed by atoms with Crippen molar-refractivity contribution in [1.29, 1.82) is 0 Å². The van der Waals surface area contributed by atoms with Crippen LogP contribution < -0.4 is 20.7 Å². The number of carbonyl (C=O) groups excluding carboxylic acids is 1. The number of ether oxygens (including phenoxy) is 1. The molecule has 3 heterocycles. The molecule has 3 aromatic heterocycles. The fourth-order valence-corrected chi connectivity index (χ4v) is 3.91. The second-order valence-electron chi connectivity index (χ2n) is 9.44. The Morgan fingerprint density at radius 2 is 1.92 bits per heavy atom. The van der Waals surface area contributed by atoms with E-state index in [0.29, 0.717) is 31.0 Å². The highest BCUT2D eigenvalue weighted by Crippen LogP contribution is 2.24. The van der Waals surface area contributed by atoms with E-state index in [4.69, 9.17) is 4.74 Å². The second kappa shape index (κ2) is 14.3. The third kappa shape index (κ3) is 10.1. The highest BCUT2D eigenvalue weighted by molar-refractivity contribution is 5.84. The number of hydrogen-bond donors (Lipinski definition) is 3. The summed E-state index contributed by atoms with van der Waals surface area (Å²) in [5.41, 5.74) is 3.29. The Morgan fingerprint density at radius 3 is 2.62 bits per heavy atom. The topological polar surface area (TPSA) is 101 Å². The summed E-state index contributed by atoms with van der Waals surface area (Å²) < 4.78 is 43.7. The van der Waals surface area contributed by atoms with E-state index in [-0.39, 0.29) is 5.92 Å². The minimum atomic E-state index is -4.48. The van der Waals surface area contributed by atoms with Crippen molar-refractivity contribution < 1.29 is 22.7 Å². The standard InChI is InChI=1S/C28H35F3N6O2/c1-4-33-26-21(14-24(17-35-26)39-11-7-9-22-8-5-6-10-34-22)12-20-13-23(16-32-15-20)37-25(19(2)3)27(38)36-18-28(29,30)31/h5-6,8,10,13-17,19,25,37H,4,7,9,11-12,18H2,1-3H3,(H,33,35)(H,36,38). The first kappa shape index (κ1) is 29.7. The Hall–Kier alpha value is -3.89. The molecule has 11 heteroatoms. The van der Waals surface area contributed by atoms with E-state index in [1.165, 1.54) is 0 Å². The molecule has 0 radical (unpaired) electrons. The zero-order valence-electron chi connectivity index (χ0n) is 22.4. The van der Waals surface area contributed by atoms with Gasteiger partial charge < -0.3 is 20.7 Å². The van der Waals surface area contributed by atoms with Crippen LogP contribution in [-0.4, -0.2) is 52.8 Å². The smallest absolute Gasteiger partial charge is 0.405 e. The van der Waals surface area contributed by atoms with Gasteiger partial charge in [0.05, 0.1) is 18.5 Å². The first-order valence-electron chi connectivity index (χ1n) is 12.9. The number of aromatic nitrogens is 3. The number of nitrogens with zero attached hydrogens (tertiary/aromatic N) is 3. The Bertz CT molecular complexity index is 1190. The zero-order valence-corrected chi connectivity index (χ0v) is 22.4. The number of nitrogens with one attached hydrogen (secondary N) is 3. The normalized spacial score (nSPS) is 12.2. The first-order valence-corrected chi connectivity index (χ1v) is 12.9. The van der Waals surface area contributed by atoms with Crippen molar-refractivity contribution in [3.63, 3.8) is 0 Å². The third-order valence-corrected chi connectivity index (χ3v) is 5.78. The average molecular weight is 545 g/mol. The Balaban J connectivity index is 1.67. The van der Waals surface area contributed by atoms with Gasteiger partial charge in [-0.15, -0.1) is 0 Å². The van der Waals surface area contributed by atoms with Gasteiger partial charge in [-0.25, -0.2) is 4.98 Å². The lowest BCUT2D eigenvalue weighted by Crippen LogP contribution is -2.46. The molecular formula is C28H35F3N6O2. The lowest BCUT2D eigenvalue weighted by molar-refractivity contribution is -0.139. The summed E-state index contributed by atoms with van der Waals surface area (Å²) in [5, 5.41) is 8.25. The summed E-state index contributed by atoms with van der Waals surface area (Å²) in [7, 11) is 0. The van der Waals surface area contributed by atoms with Crippen LogP contribution in [-0.2, 0) is 17.6 Å². The molecule has 3 N–H and O–H groups in total. The number of halogens is 3. The molecule has 3 rings (SSSR count). The van der Waals surface area contributed by atoms with E-state index in [9.17, 15) is 18.0 Å². The highest BCUT2D eigenvalue weighted by Gasteiger charge is 2.30. The van der Waals surface area contributed by atoms with Crippen molar-refractivity contribution in [2.24, 2.45) is 5.92 Å². The van der Waals surface area contributed by atoms with E-state index in [0.717, 1.165) is 35.5 Å². The third-order valence-electron chi connectivity index (χ3n) is 5.78. The molecule has 3 aromatic rings. The maximum atomic E-state index is 12.6. The molecule has 0 aliphatic heterocycles. The van der Waals surface area contributed by atoms with Crippen molar-refractivity contribution in [2.75, 3.05) is 30.3 Å². The summed E-state index contributed by atoms with van der Waals surface area (Å²) in [4.78, 5) is 25.6. The molecule has 0 spiro atoms. The van der Waals surface area contributed by atoms with E-state index >= 15 is 0 Å². The number of alkyl halides is 3. The monoisotopic (exact) mass is 544 g/mol. The summed E-state index contributed by atoms with van der Waals surface area (Å²) in [5.74, 6) is 0.400. The van der Waals surface area contributed by atoms with Gasteiger partial charge in [0.1, 0.15) is 24.2 Å². The van der Waals surface area contributed by atoms with E-state index < -0.39 is 24.7 Å². The van der Waals surface area contributed by atoms with Crippen LogP contribution in [0.25, 0.3) is 0 Å². The minimum Gasteiger partial charge on any atom is -0.492 e. The van der Waals surface area contributed by atoms with Crippen LogP contribution >= 0.6 is 0 Å². The first-order chi connectivity index (χ1) is 18.6. The Labute approximate surface area is 226 Å². The molecular weight excluding hydrogens is 509 g/mol. The lowest BCUT2D eigenvalue weighted by atomic mass is 10.0. The Kier molecular flexibility index (Phi) is 10.9. The molecule has 0 aliphatic carbocycles. The van der Waals surface area contributed by atoms with Crippen molar-refractivity contribution in [3.05, 3.63) is 71.9 Å². The molecule has 1 atom stereocenters. The fourth-order valence-electron chi connectivity index (χ4n) is 3.91. The number of carbonyl (C=O) groups is 1. The van der Waals surface area contributed by atoms with Gasteiger partial charge in [-0.3, -0.25) is 14.8 Å². The van der Waals surface area contributed by atoms with Crippen LogP contribution in [0.2, 0.25) is 0 Å². The predicted molar refractivity (Wildman–Crippen MR) is 145 cm³/mol. The molecule has 1 unspecified atom stereocenters. The molecule has 39 heavy (non-hydrogen) atoms. The molecule has 0 fully saturated rings. The molecule has 0 saturated heterocycles. The number of pyridine rings is 3. The molecule has 0 bridgehead atoms. The van der Waals surface area contributed by atoms with Gasteiger partial charge in [0.15, 0.2) is 0 Å².